The van der Waals surface area contributed by atoms with Crippen molar-refractivity contribution in [2.24, 2.45) is 46.3 Å². The van der Waals surface area contributed by atoms with E-state index >= 15 is 0 Å². The molecule has 0 heterocycles. The summed E-state index contributed by atoms with van der Waals surface area (Å²) in [6.45, 7) is 21.5. The van der Waals surface area contributed by atoms with Gasteiger partial charge < -0.3 is 4.74 Å². The van der Waals surface area contributed by atoms with Crippen molar-refractivity contribution in [3.63, 3.8) is 0 Å². The first-order chi connectivity index (χ1) is 14.5. The van der Waals surface area contributed by atoms with E-state index in [1.54, 1.807) is 5.57 Å². The molecule has 1 heteroatoms. The molecule has 4 unspecified atom stereocenters. The minimum atomic E-state index is 0.183. The molecule has 3 fully saturated rings. The van der Waals surface area contributed by atoms with Gasteiger partial charge in [-0.15, -0.1) is 0 Å². The van der Waals surface area contributed by atoms with Gasteiger partial charge in [0.1, 0.15) is 0 Å². The van der Waals surface area contributed by atoms with E-state index in [4.69, 9.17) is 4.74 Å². The first-order valence-corrected chi connectivity index (χ1v) is 13.2. The van der Waals surface area contributed by atoms with Gasteiger partial charge in [-0.3, -0.25) is 0 Å². The van der Waals surface area contributed by atoms with Crippen LogP contribution in [0.5, 0.6) is 0 Å². The maximum atomic E-state index is 5.71. The highest BCUT2D eigenvalue weighted by atomic mass is 16.5. The lowest BCUT2D eigenvalue weighted by Gasteiger charge is -2.45. The molecule has 0 saturated heterocycles. The average Bonchev–Trinajstić information content (AvgIpc) is 3.23. The van der Waals surface area contributed by atoms with Crippen LogP contribution in [0.3, 0.4) is 0 Å². The number of ether oxygens (including phenoxy) is 1. The Balaban J connectivity index is 1.77. The molecule has 0 bridgehead atoms. The van der Waals surface area contributed by atoms with Crippen LogP contribution in [0, 0.1) is 46.3 Å². The quantitative estimate of drug-likeness (QED) is 0.370. The number of rotatable bonds is 7. The maximum absolute atomic E-state index is 5.71. The van der Waals surface area contributed by atoms with Crippen molar-refractivity contribution in [3.05, 3.63) is 36.0 Å². The fourth-order valence-corrected chi connectivity index (χ4v) is 7.27. The summed E-state index contributed by atoms with van der Waals surface area (Å²) < 4.78 is 5.71. The third kappa shape index (κ3) is 4.64. The van der Waals surface area contributed by atoms with E-state index in [9.17, 15) is 0 Å². The van der Waals surface area contributed by atoms with Crippen molar-refractivity contribution in [2.75, 3.05) is 7.11 Å². The molecule has 176 valence electrons. The second-order valence-electron chi connectivity index (χ2n) is 12.2. The first kappa shape index (κ1) is 24.8. The van der Waals surface area contributed by atoms with Gasteiger partial charge in [0.2, 0.25) is 0 Å². The second kappa shape index (κ2) is 9.58. The third-order valence-electron chi connectivity index (χ3n) is 10.2. The number of fused-ring (bicyclic) bond motifs is 1. The summed E-state index contributed by atoms with van der Waals surface area (Å²) in [6.07, 6.45) is 17.2. The standard InChI is InChI=1S/C30H50O/c1-20(2)21(3)12-13-22(4)26-14-15-27-25(11-10-17-30(26,27)8)19-23(5)29(7)18-16-28(31-9)24(29)6/h12-13,19-23,26-28H,6,10-11,14-18H2,1-5,7-9H3/b13-12+,25-19+/t21-,22+,23?,26?,27?,28-,29?,30+/m0/s1. The number of methoxy groups -OCH3 is 1. The van der Waals surface area contributed by atoms with Gasteiger partial charge in [0.05, 0.1) is 6.10 Å². The van der Waals surface area contributed by atoms with Gasteiger partial charge in [0.25, 0.3) is 0 Å². The van der Waals surface area contributed by atoms with Crippen LogP contribution < -0.4 is 0 Å². The zero-order valence-electron chi connectivity index (χ0n) is 21.8. The Morgan fingerprint density at radius 2 is 1.71 bits per heavy atom. The molecular weight excluding hydrogens is 376 g/mol. The molecule has 0 radical (unpaired) electrons. The SMILES string of the molecule is C=C1[C@@H](OC)CCC1(C)C(C)/C=C1\CCC[C@@]2(C)C1CCC2[C@H](C)/C=C/[C@H](C)C(C)C. The topological polar surface area (TPSA) is 9.23 Å². The Morgan fingerprint density at radius 3 is 2.32 bits per heavy atom. The molecule has 0 aromatic carbocycles. The molecule has 3 aliphatic carbocycles. The summed E-state index contributed by atoms with van der Waals surface area (Å²) in [6, 6.07) is 0. The van der Waals surface area contributed by atoms with Gasteiger partial charge in [0.15, 0.2) is 0 Å². The molecule has 3 aliphatic rings. The van der Waals surface area contributed by atoms with Gasteiger partial charge in [0, 0.05) is 7.11 Å². The van der Waals surface area contributed by atoms with Crippen LogP contribution in [0.1, 0.15) is 93.4 Å². The normalized spacial score (nSPS) is 40.6. The zero-order chi connectivity index (χ0) is 23.0. The highest BCUT2D eigenvalue weighted by Gasteiger charge is 2.51. The molecule has 0 spiro atoms. The predicted molar refractivity (Wildman–Crippen MR) is 135 cm³/mol. The number of allylic oxidation sites excluding steroid dienone is 4. The van der Waals surface area contributed by atoms with Gasteiger partial charge in [-0.25, -0.2) is 0 Å². The van der Waals surface area contributed by atoms with Crippen LogP contribution in [0.2, 0.25) is 0 Å². The van der Waals surface area contributed by atoms with E-state index in [1.165, 1.54) is 44.1 Å². The Kier molecular flexibility index (Phi) is 7.67. The fraction of sp³-hybridized carbons (Fsp3) is 0.800. The second-order valence-corrected chi connectivity index (χ2v) is 12.2. The monoisotopic (exact) mass is 426 g/mol. The molecule has 0 aromatic heterocycles. The van der Waals surface area contributed by atoms with Crippen LogP contribution in [-0.4, -0.2) is 13.2 Å². The van der Waals surface area contributed by atoms with Gasteiger partial charge >= 0.3 is 0 Å². The molecule has 31 heavy (non-hydrogen) atoms. The van der Waals surface area contributed by atoms with Crippen LogP contribution in [0.4, 0.5) is 0 Å². The van der Waals surface area contributed by atoms with Crippen LogP contribution in [0.25, 0.3) is 0 Å². The Bertz CT molecular complexity index is 699. The highest BCUT2D eigenvalue weighted by molar-refractivity contribution is 5.27. The molecule has 0 amide bonds. The molecular formula is C30H50O. The predicted octanol–water partition coefficient (Wildman–Crippen LogP) is 8.62. The Morgan fingerprint density at radius 1 is 1.00 bits per heavy atom. The largest absolute Gasteiger partial charge is 0.377 e. The van der Waals surface area contributed by atoms with Crippen LogP contribution in [-0.2, 0) is 4.74 Å². The molecule has 3 rings (SSSR count). The summed E-state index contributed by atoms with van der Waals surface area (Å²) in [5, 5.41) is 0. The molecule has 0 N–H and O–H groups in total. The third-order valence-corrected chi connectivity index (χ3v) is 10.2. The molecule has 3 saturated carbocycles. The maximum Gasteiger partial charge on any atom is 0.0784 e. The number of hydrogen-bond donors (Lipinski definition) is 0. The molecule has 0 aromatic rings. The molecule has 8 atom stereocenters. The van der Waals surface area contributed by atoms with Crippen LogP contribution in [0.15, 0.2) is 36.0 Å². The summed E-state index contributed by atoms with van der Waals surface area (Å²) >= 11 is 0. The van der Waals surface area contributed by atoms with E-state index in [-0.39, 0.29) is 11.5 Å². The summed E-state index contributed by atoms with van der Waals surface area (Å²) in [5.41, 5.74) is 3.74. The number of hydrogen-bond acceptors (Lipinski definition) is 1. The summed E-state index contributed by atoms with van der Waals surface area (Å²) in [4.78, 5) is 0. The smallest absolute Gasteiger partial charge is 0.0784 e. The van der Waals surface area contributed by atoms with Crippen molar-refractivity contribution in [1.29, 1.82) is 0 Å². The van der Waals surface area contributed by atoms with Crippen molar-refractivity contribution in [3.8, 4) is 0 Å². The lowest BCUT2D eigenvalue weighted by molar-refractivity contribution is 0.110. The van der Waals surface area contributed by atoms with E-state index in [0.717, 1.165) is 24.2 Å². The summed E-state index contributed by atoms with van der Waals surface area (Å²) in [7, 11) is 1.84. The van der Waals surface area contributed by atoms with E-state index < -0.39 is 0 Å². The summed E-state index contributed by atoms with van der Waals surface area (Å²) in [5.74, 6) is 4.23. The van der Waals surface area contributed by atoms with E-state index in [0.29, 0.717) is 23.2 Å². The van der Waals surface area contributed by atoms with Crippen molar-refractivity contribution in [1.82, 2.24) is 0 Å². The van der Waals surface area contributed by atoms with Crippen molar-refractivity contribution < 1.29 is 4.74 Å². The van der Waals surface area contributed by atoms with E-state index in [2.05, 4.69) is 73.3 Å². The minimum Gasteiger partial charge on any atom is -0.377 e. The van der Waals surface area contributed by atoms with Crippen molar-refractivity contribution in [2.45, 2.75) is 99.5 Å². The Labute approximate surface area is 193 Å². The van der Waals surface area contributed by atoms with Crippen LogP contribution >= 0.6 is 0 Å². The highest BCUT2D eigenvalue weighted by Crippen LogP contribution is 2.60. The van der Waals surface area contributed by atoms with Gasteiger partial charge in [-0.2, -0.15) is 0 Å². The zero-order valence-corrected chi connectivity index (χ0v) is 21.8. The lowest BCUT2D eigenvalue weighted by atomic mass is 9.60. The molecule has 0 aliphatic heterocycles. The van der Waals surface area contributed by atoms with Crippen molar-refractivity contribution >= 4 is 0 Å². The average molecular weight is 427 g/mol. The first-order valence-electron chi connectivity index (χ1n) is 13.2. The van der Waals surface area contributed by atoms with E-state index in [1.807, 2.05) is 7.11 Å². The van der Waals surface area contributed by atoms with Gasteiger partial charge in [-0.05, 0) is 96.9 Å². The minimum absolute atomic E-state index is 0.183. The fourth-order valence-electron chi connectivity index (χ4n) is 7.27. The lowest BCUT2D eigenvalue weighted by Crippen LogP contribution is -2.36. The Hall–Kier alpha value is -0.820. The van der Waals surface area contributed by atoms with Gasteiger partial charge in [-0.1, -0.05) is 78.8 Å². The molecule has 1 nitrogen and oxygen atoms in total.